The SMILES string of the molecule is CNC(=O)c1ccc([C@H](C)CNc2cc(-c3ccc(C(=O)N4CCN(C)CC4)cc3)ncn2)c(OC)c1.S. The van der Waals surface area contributed by atoms with Crippen LogP contribution in [0.3, 0.4) is 0 Å². The maximum absolute atomic E-state index is 12.8. The largest absolute Gasteiger partial charge is 0.496 e. The maximum atomic E-state index is 12.8. The number of piperazine rings is 1. The molecule has 1 fully saturated rings. The summed E-state index contributed by atoms with van der Waals surface area (Å²) in [7, 11) is 5.28. The van der Waals surface area contributed by atoms with Crippen LogP contribution in [-0.4, -0.2) is 85.5 Å². The van der Waals surface area contributed by atoms with Crippen molar-refractivity contribution >= 4 is 31.1 Å². The van der Waals surface area contributed by atoms with Gasteiger partial charge in [-0.15, -0.1) is 0 Å². The van der Waals surface area contributed by atoms with Crippen LogP contribution in [0.25, 0.3) is 11.3 Å². The molecule has 1 atom stereocenters. The van der Waals surface area contributed by atoms with Gasteiger partial charge in [0.25, 0.3) is 11.8 Å². The molecule has 0 saturated carbocycles. The van der Waals surface area contributed by atoms with Gasteiger partial charge in [0, 0.05) is 68.4 Å². The lowest BCUT2D eigenvalue weighted by Crippen LogP contribution is -2.47. The minimum absolute atomic E-state index is 0. The second-order valence-corrected chi connectivity index (χ2v) is 9.28. The third kappa shape index (κ3) is 6.81. The molecule has 38 heavy (non-hydrogen) atoms. The zero-order valence-corrected chi connectivity index (χ0v) is 23.3. The topological polar surface area (TPSA) is 99.7 Å². The highest BCUT2D eigenvalue weighted by molar-refractivity contribution is 7.59. The summed E-state index contributed by atoms with van der Waals surface area (Å²) < 4.78 is 5.54. The number of hydrogen-bond donors (Lipinski definition) is 2. The number of methoxy groups -OCH3 is 1. The van der Waals surface area contributed by atoms with Gasteiger partial charge in [-0.3, -0.25) is 9.59 Å². The number of carbonyl (C=O) groups excluding carboxylic acids is 2. The van der Waals surface area contributed by atoms with Gasteiger partial charge < -0.3 is 25.2 Å². The smallest absolute Gasteiger partial charge is 0.253 e. The van der Waals surface area contributed by atoms with E-state index in [2.05, 4.69) is 39.5 Å². The molecule has 3 aromatic rings. The lowest BCUT2D eigenvalue weighted by atomic mass is 9.98. The molecule has 10 heteroatoms. The van der Waals surface area contributed by atoms with Crippen LogP contribution in [0.5, 0.6) is 5.75 Å². The van der Waals surface area contributed by atoms with Crippen molar-refractivity contribution in [3.05, 3.63) is 71.5 Å². The first-order chi connectivity index (χ1) is 17.9. The van der Waals surface area contributed by atoms with Gasteiger partial charge in [-0.25, -0.2) is 9.97 Å². The number of carbonyl (C=O) groups is 2. The van der Waals surface area contributed by atoms with Crippen molar-refractivity contribution in [3.63, 3.8) is 0 Å². The minimum atomic E-state index is -0.152. The van der Waals surface area contributed by atoms with Gasteiger partial charge in [0.15, 0.2) is 0 Å². The van der Waals surface area contributed by atoms with E-state index in [0.717, 1.165) is 43.0 Å². The molecular weight excluding hydrogens is 500 g/mol. The van der Waals surface area contributed by atoms with Crippen LogP contribution in [0.1, 0.15) is 39.1 Å². The molecule has 0 unspecified atom stereocenters. The fourth-order valence-electron chi connectivity index (χ4n) is 4.36. The lowest BCUT2D eigenvalue weighted by molar-refractivity contribution is 0.0664. The van der Waals surface area contributed by atoms with Gasteiger partial charge in [-0.2, -0.15) is 13.5 Å². The van der Waals surface area contributed by atoms with Gasteiger partial charge in [0.1, 0.15) is 17.9 Å². The van der Waals surface area contributed by atoms with Crippen molar-refractivity contribution in [1.29, 1.82) is 0 Å². The lowest BCUT2D eigenvalue weighted by Gasteiger charge is -2.32. The summed E-state index contributed by atoms with van der Waals surface area (Å²) in [5, 5.41) is 6.01. The fraction of sp³-hybridized carbons (Fsp3) is 0.357. The fourth-order valence-corrected chi connectivity index (χ4v) is 4.36. The first kappa shape index (κ1) is 28.9. The monoisotopic (exact) mass is 536 g/mol. The molecule has 0 bridgehead atoms. The number of nitrogens with one attached hydrogen (secondary N) is 2. The van der Waals surface area contributed by atoms with Crippen LogP contribution in [0.2, 0.25) is 0 Å². The van der Waals surface area contributed by atoms with E-state index in [4.69, 9.17) is 4.74 Å². The Morgan fingerprint density at radius 1 is 1.00 bits per heavy atom. The summed E-state index contributed by atoms with van der Waals surface area (Å²) in [6.07, 6.45) is 1.53. The molecule has 1 saturated heterocycles. The third-order valence-corrected chi connectivity index (χ3v) is 6.73. The van der Waals surface area contributed by atoms with E-state index < -0.39 is 0 Å². The van der Waals surface area contributed by atoms with Gasteiger partial charge in [0.2, 0.25) is 0 Å². The molecule has 4 rings (SSSR count). The Labute approximate surface area is 231 Å². The molecule has 1 aromatic heterocycles. The minimum Gasteiger partial charge on any atom is -0.496 e. The predicted octanol–water partition coefficient (Wildman–Crippen LogP) is 3.23. The summed E-state index contributed by atoms with van der Waals surface area (Å²) in [5.41, 5.74) is 3.93. The zero-order valence-electron chi connectivity index (χ0n) is 22.3. The number of likely N-dealkylation sites (N-methyl/N-ethyl adjacent to an activating group) is 1. The molecule has 9 nitrogen and oxygen atoms in total. The van der Waals surface area contributed by atoms with Gasteiger partial charge in [-0.1, -0.05) is 25.1 Å². The van der Waals surface area contributed by atoms with Gasteiger partial charge in [0.05, 0.1) is 12.8 Å². The van der Waals surface area contributed by atoms with Crippen molar-refractivity contribution in [2.75, 3.05) is 59.2 Å². The summed E-state index contributed by atoms with van der Waals surface area (Å²) in [5.74, 6) is 1.39. The van der Waals surface area contributed by atoms with Crippen LogP contribution in [-0.2, 0) is 0 Å². The molecule has 2 heterocycles. The standard InChI is InChI=1S/C28H34N6O3.H2S/c1-19(23-10-9-22(27(35)29-2)15-25(23)37-4)17-30-26-16-24(31-18-32-26)20-5-7-21(8-6-20)28(36)34-13-11-33(3)12-14-34;/h5-10,15-16,18-19H,11-14,17H2,1-4H3,(H,29,35)(H,30,31,32);1H2/t19-;/m1./s1. The average molecular weight is 537 g/mol. The summed E-state index contributed by atoms with van der Waals surface area (Å²) in [6, 6.07) is 15.0. The highest BCUT2D eigenvalue weighted by Gasteiger charge is 2.20. The number of anilines is 1. The molecule has 0 radical (unpaired) electrons. The Balaban J connectivity index is 0.00000400. The van der Waals surface area contributed by atoms with Gasteiger partial charge in [-0.05, 0) is 36.9 Å². The van der Waals surface area contributed by atoms with Crippen molar-refractivity contribution < 1.29 is 14.3 Å². The van der Waals surface area contributed by atoms with Crippen LogP contribution in [0.4, 0.5) is 5.82 Å². The molecule has 0 aliphatic carbocycles. The molecule has 202 valence electrons. The number of hydrogen-bond acceptors (Lipinski definition) is 7. The quantitative estimate of drug-likeness (QED) is 0.456. The number of benzene rings is 2. The number of rotatable bonds is 8. The number of nitrogens with zero attached hydrogens (tertiary/aromatic N) is 4. The molecule has 2 amide bonds. The Kier molecular flexibility index (Phi) is 10.1. The van der Waals surface area contributed by atoms with E-state index in [1.807, 2.05) is 41.3 Å². The maximum Gasteiger partial charge on any atom is 0.253 e. The Hall–Kier alpha value is -3.63. The number of amides is 2. The first-order valence-corrected chi connectivity index (χ1v) is 12.4. The van der Waals surface area contributed by atoms with Crippen molar-refractivity contribution in [1.82, 2.24) is 25.1 Å². The third-order valence-electron chi connectivity index (χ3n) is 6.73. The summed E-state index contributed by atoms with van der Waals surface area (Å²) >= 11 is 0. The first-order valence-electron chi connectivity index (χ1n) is 12.4. The second kappa shape index (κ2) is 13.3. The number of aromatic nitrogens is 2. The summed E-state index contributed by atoms with van der Waals surface area (Å²) in [4.78, 5) is 37.7. The van der Waals surface area contributed by atoms with E-state index >= 15 is 0 Å². The molecule has 0 spiro atoms. The predicted molar refractivity (Wildman–Crippen MR) is 155 cm³/mol. The van der Waals surface area contributed by atoms with E-state index in [-0.39, 0.29) is 31.2 Å². The van der Waals surface area contributed by atoms with E-state index in [0.29, 0.717) is 29.2 Å². The number of ether oxygens (including phenoxy) is 1. The van der Waals surface area contributed by atoms with Gasteiger partial charge >= 0.3 is 0 Å². The highest BCUT2D eigenvalue weighted by Crippen LogP contribution is 2.28. The van der Waals surface area contributed by atoms with E-state index in [9.17, 15) is 9.59 Å². The molecule has 1 aliphatic rings. The Morgan fingerprint density at radius 2 is 1.68 bits per heavy atom. The Morgan fingerprint density at radius 3 is 2.34 bits per heavy atom. The van der Waals surface area contributed by atoms with Crippen LogP contribution in [0, 0.1) is 0 Å². The highest BCUT2D eigenvalue weighted by atomic mass is 32.1. The van der Waals surface area contributed by atoms with Crippen LogP contribution >= 0.6 is 13.5 Å². The Bertz CT molecular complexity index is 1250. The average Bonchev–Trinajstić information content (AvgIpc) is 2.95. The second-order valence-electron chi connectivity index (χ2n) is 9.28. The molecule has 1 aliphatic heterocycles. The van der Waals surface area contributed by atoms with Crippen molar-refractivity contribution in [2.24, 2.45) is 0 Å². The molecule has 2 N–H and O–H groups in total. The molecule has 2 aromatic carbocycles. The summed E-state index contributed by atoms with van der Waals surface area (Å²) in [6.45, 7) is 5.99. The normalized spacial score (nSPS) is 14.3. The van der Waals surface area contributed by atoms with Crippen molar-refractivity contribution in [3.8, 4) is 17.0 Å². The van der Waals surface area contributed by atoms with Crippen molar-refractivity contribution in [2.45, 2.75) is 12.8 Å². The zero-order chi connectivity index (χ0) is 26.4. The van der Waals surface area contributed by atoms with Crippen LogP contribution in [0.15, 0.2) is 54.9 Å². The molecular formula is C28H36N6O3S. The van der Waals surface area contributed by atoms with E-state index in [1.54, 1.807) is 26.3 Å². The van der Waals surface area contributed by atoms with E-state index in [1.165, 1.54) is 6.33 Å². The van der Waals surface area contributed by atoms with Crippen LogP contribution < -0.4 is 15.4 Å².